The number of alkyl halides is 1. The van der Waals surface area contributed by atoms with Gasteiger partial charge in [0.15, 0.2) is 0 Å². The molecule has 1 aromatic rings. The second kappa shape index (κ2) is 7.72. The highest BCUT2D eigenvalue weighted by molar-refractivity contribution is 6.18. The Morgan fingerprint density at radius 3 is 2.45 bits per heavy atom. The maximum Gasteiger partial charge on any atom is 0.119 e. The molecule has 0 aromatic heterocycles. The lowest BCUT2D eigenvalue weighted by molar-refractivity contribution is 0.0453. The van der Waals surface area contributed by atoms with E-state index in [1.807, 2.05) is 24.3 Å². The van der Waals surface area contributed by atoms with E-state index in [9.17, 15) is 0 Å². The summed E-state index contributed by atoms with van der Waals surface area (Å²) in [5.41, 5.74) is 0.00305. The molecular weight excluding hydrogens is 278 g/mol. The van der Waals surface area contributed by atoms with Crippen LogP contribution in [0.5, 0.6) is 11.5 Å². The highest BCUT2D eigenvalue weighted by atomic mass is 35.5. The molecule has 0 aliphatic carbocycles. The molecule has 0 saturated carbocycles. The maximum absolute atomic E-state index is 6.09. The third-order valence-corrected chi connectivity index (χ3v) is 4.15. The van der Waals surface area contributed by atoms with E-state index in [0.717, 1.165) is 44.1 Å². The van der Waals surface area contributed by atoms with Gasteiger partial charge in [0.2, 0.25) is 0 Å². The van der Waals surface area contributed by atoms with Crippen LogP contribution in [0.3, 0.4) is 0 Å². The highest BCUT2D eigenvalue weighted by Gasteiger charge is 2.30. The van der Waals surface area contributed by atoms with Crippen molar-refractivity contribution >= 4 is 11.6 Å². The number of nitrogens with one attached hydrogen (secondary N) is 1. The summed E-state index contributed by atoms with van der Waals surface area (Å²) in [6, 6.07) is 7.60. The number of benzene rings is 1. The molecule has 1 fully saturated rings. The number of hydrogen-bond donors (Lipinski definition) is 1. The van der Waals surface area contributed by atoms with Crippen LogP contribution in [0, 0.1) is 0 Å². The van der Waals surface area contributed by atoms with Gasteiger partial charge in [0.05, 0.1) is 7.11 Å². The van der Waals surface area contributed by atoms with E-state index in [2.05, 4.69) is 5.32 Å². The van der Waals surface area contributed by atoms with Gasteiger partial charge in [-0.15, -0.1) is 11.6 Å². The quantitative estimate of drug-likeness (QED) is 0.620. The van der Waals surface area contributed by atoms with Crippen LogP contribution in [0.2, 0.25) is 0 Å². The van der Waals surface area contributed by atoms with Crippen molar-refractivity contribution < 1.29 is 14.2 Å². The summed E-state index contributed by atoms with van der Waals surface area (Å²) < 4.78 is 16.2. The lowest BCUT2D eigenvalue weighted by atomic mass is 9.92. The van der Waals surface area contributed by atoms with Crippen LogP contribution in [0.25, 0.3) is 0 Å². The zero-order chi connectivity index (χ0) is 14.3. The monoisotopic (exact) mass is 299 g/mol. The molecule has 0 atom stereocenters. The van der Waals surface area contributed by atoms with Crippen molar-refractivity contribution in [1.29, 1.82) is 0 Å². The molecule has 1 saturated heterocycles. The second-order valence-electron chi connectivity index (χ2n) is 4.98. The van der Waals surface area contributed by atoms with Crippen LogP contribution < -0.4 is 14.8 Å². The van der Waals surface area contributed by atoms with Gasteiger partial charge < -0.3 is 19.5 Å². The smallest absolute Gasteiger partial charge is 0.119 e. The van der Waals surface area contributed by atoms with E-state index < -0.39 is 0 Å². The van der Waals surface area contributed by atoms with Crippen molar-refractivity contribution in [1.82, 2.24) is 5.32 Å². The van der Waals surface area contributed by atoms with Gasteiger partial charge in [-0.05, 0) is 37.1 Å². The normalized spacial score (nSPS) is 17.7. The van der Waals surface area contributed by atoms with Crippen molar-refractivity contribution in [3.8, 4) is 11.5 Å². The summed E-state index contributed by atoms with van der Waals surface area (Å²) in [7, 11) is 1.65. The van der Waals surface area contributed by atoms with E-state index in [1.165, 1.54) is 0 Å². The predicted octanol–water partition coefficient (Wildman–Crippen LogP) is 2.45. The third-order valence-electron chi connectivity index (χ3n) is 3.64. The van der Waals surface area contributed by atoms with E-state index in [0.29, 0.717) is 12.5 Å². The molecule has 1 aromatic carbocycles. The molecule has 2 rings (SSSR count). The van der Waals surface area contributed by atoms with Gasteiger partial charge >= 0.3 is 0 Å². The molecule has 112 valence electrons. The lowest BCUT2D eigenvalue weighted by Crippen LogP contribution is -2.52. The molecule has 0 spiro atoms. The molecule has 1 aliphatic rings. The molecule has 1 heterocycles. The van der Waals surface area contributed by atoms with Gasteiger partial charge in [-0.2, -0.15) is 0 Å². The molecule has 4 nitrogen and oxygen atoms in total. The fourth-order valence-electron chi connectivity index (χ4n) is 2.28. The van der Waals surface area contributed by atoms with E-state index in [1.54, 1.807) is 7.11 Å². The highest BCUT2D eigenvalue weighted by Crippen LogP contribution is 2.22. The Hall–Kier alpha value is -0.970. The van der Waals surface area contributed by atoms with E-state index in [4.69, 9.17) is 25.8 Å². The first-order valence-electron chi connectivity index (χ1n) is 6.94. The van der Waals surface area contributed by atoms with Gasteiger partial charge in [-0.25, -0.2) is 0 Å². The third kappa shape index (κ3) is 4.27. The average Bonchev–Trinajstić information content (AvgIpc) is 2.53. The maximum atomic E-state index is 6.09. The summed E-state index contributed by atoms with van der Waals surface area (Å²) in [5.74, 6) is 2.29. The SMILES string of the molecule is COc1ccc(OCCNC2(CCl)CCOCC2)cc1. The molecule has 1 N–H and O–H groups in total. The van der Waals surface area contributed by atoms with Crippen LogP contribution in [0.1, 0.15) is 12.8 Å². The largest absolute Gasteiger partial charge is 0.497 e. The van der Waals surface area contributed by atoms with Gasteiger partial charge in [0.1, 0.15) is 18.1 Å². The van der Waals surface area contributed by atoms with Gasteiger partial charge in [0.25, 0.3) is 0 Å². The number of methoxy groups -OCH3 is 1. The lowest BCUT2D eigenvalue weighted by Gasteiger charge is -2.36. The minimum atomic E-state index is 0.00305. The fourth-order valence-corrected chi connectivity index (χ4v) is 2.64. The first kappa shape index (κ1) is 15.4. The number of halogens is 1. The van der Waals surface area contributed by atoms with E-state index >= 15 is 0 Å². The van der Waals surface area contributed by atoms with Gasteiger partial charge in [-0.3, -0.25) is 0 Å². The summed E-state index contributed by atoms with van der Waals surface area (Å²) in [5, 5.41) is 3.52. The molecule has 0 radical (unpaired) electrons. The zero-order valence-corrected chi connectivity index (χ0v) is 12.6. The fraction of sp³-hybridized carbons (Fsp3) is 0.600. The second-order valence-corrected chi connectivity index (χ2v) is 5.24. The average molecular weight is 300 g/mol. The predicted molar refractivity (Wildman–Crippen MR) is 80.0 cm³/mol. The Balaban J connectivity index is 1.72. The molecule has 0 unspecified atom stereocenters. The summed E-state index contributed by atoms with van der Waals surface area (Å²) in [6.07, 6.45) is 1.91. The van der Waals surface area contributed by atoms with Crippen molar-refractivity contribution in [3.63, 3.8) is 0 Å². The van der Waals surface area contributed by atoms with Gasteiger partial charge in [-0.1, -0.05) is 0 Å². The molecule has 0 bridgehead atoms. The Morgan fingerprint density at radius 1 is 1.20 bits per heavy atom. The molecule has 20 heavy (non-hydrogen) atoms. The van der Waals surface area contributed by atoms with Crippen LogP contribution in [0.15, 0.2) is 24.3 Å². The van der Waals surface area contributed by atoms with E-state index in [-0.39, 0.29) is 5.54 Å². The van der Waals surface area contributed by atoms with Crippen molar-refractivity contribution in [2.75, 3.05) is 39.4 Å². The van der Waals surface area contributed by atoms with Crippen LogP contribution in [-0.4, -0.2) is 44.9 Å². The van der Waals surface area contributed by atoms with Crippen molar-refractivity contribution in [2.45, 2.75) is 18.4 Å². The molecular formula is C15H22ClNO3. The summed E-state index contributed by atoms with van der Waals surface area (Å²) in [4.78, 5) is 0. The van der Waals surface area contributed by atoms with Gasteiger partial charge in [0, 0.05) is 31.2 Å². The summed E-state index contributed by atoms with van der Waals surface area (Å²) >= 11 is 6.09. The Morgan fingerprint density at radius 2 is 1.85 bits per heavy atom. The van der Waals surface area contributed by atoms with Crippen LogP contribution in [-0.2, 0) is 4.74 Å². The topological polar surface area (TPSA) is 39.7 Å². The van der Waals surface area contributed by atoms with Crippen LogP contribution in [0.4, 0.5) is 0 Å². The molecule has 5 heteroatoms. The van der Waals surface area contributed by atoms with Crippen molar-refractivity contribution in [3.05, 3.63) is 24.3 Å². The zero-order valence-electron chi connectivity index (χ0n) is 11.9. The van der Waals surface area contributed by atoms with Crippen molar-refractivity contribution in [2.24, 2.45) is 0 Å². The number of ether oxygens (including phenoxy) is 3. The Labute approximate surface area is 125 Å². The first-order valence-corrected chi connectivity index (χ1v) is 7.47. The Bertz CT molecular complexity index is 391. The number of hydrogen-bond acceptors (Lipinski definition) is 4. The summed E-state index contributed by atoms with van der Waals surface area (Å²) in [6.45, 7) is 2.95. The standard InChI is InChI=1S/C15H22ClNO3/c1-18-13-2-4-14(5-3-13)20-11-8-17-15(12-16)6-9-19-10-7-15/h2-5,17H,6-12H2,1H3. The Kier molecular flexibility index (Phi) is 5.95. The molecule has 1 aliphatic heterocycles. The van der Waals surface area contributed by atoms with Crippen LogP contribution >= 0.6 is 11.6 Å². The molecule has 0 amide bonds. The first-order chi connectivity index (χ1) is 9.78. The minimum absolute atomic E-state index is 0.00305. The number of rotatable bonds is 7. The minimum Gasteiger partial charge on any atom is -0.497 e.